The number of nitrogens with zero attached hydrogens (tertiary/aromatic N) is 1. The van der Waals surface area contributed by atoms with Crippen molar-refractivity contribution in [3.05, 3.63) is 59.2 Å². The monoisotopic (exact) mass is 451 g/mol. The molecule has 0 spiro atoms. The van der Waals surface area contributed by atoms with Crippen LogP contribution in [0.4, 0.5) is 11.4 Å². The van der Waals surface area contributed by atoms with E-state index in [1.807, 2.05) is 32.0 Å². The fourth-order valence-electron chi connectivity index (χ4n) is 3.42. The molecule has 1 saturated heterocycles. The highest BCUT2D eigenvalue weighted by atomic mass is 16.5. The van der Waals surface area contributed by atoms with Gasteiger partial charge in [-0.1, -0.05) is 24.3 Å². The highest BCUT2D eigenvalue weighted by Gasteiger charge is 2.31. The first-order valence-corrected chi connectivity index (χ1v) is 10.5. The molecule has 0 radical (unpaired) electrons. The molecule has 3 rings (SSSR count). The van der Waals surface area contributed by atoms with Crippen molar-refractivity contribution >= 4 is 41.0 Å². The summed E-state index contributed by atoms with van der Waals surface area (Å²) in [6.45, 7) is 4.83. The molecule has 1 atom stereocenters. The Labute approximate surface area is 191 Å². The molecule has 9 heteroatoms. The SMILES string of the molecule is Cc1cccc(C)c1NC(=O)CNC(=O)C(C)OC(=O)c1cccc(N2C(=O)CCC2=O)c1. The van der Waals surface area contributed by atoms with E-state index < -0.39 is 23.9 Å². The minimum atomic E-state index is -1.16. The molecule has 1 fully saturated rings. The molecule has 1 aliphatic rings. The van der Waals surface area contributed by atoms with Gasteiger partial charge in [-0.25, -0.2) is 4.79 Å². The zero-order chi connectivity index (χ0) is 24.1. The number of carbonyl (C=O) groups is 5. The smallest absolute Gasteiger partial charge is 0.338 e. The molecule has 2 N–H and O–H groups in total. The van der Waals surface area contributed by atoms with Gasteiger partial charge in [0.05, 0.1) is 17.8 Å². The predicted molar refractivity (Wildman–Crippen MR) is 121 cm³/mol. The van der Waals surface area contributed by atoms with Gasteiger partial charge in [0.1, 0.15) is 0 Å². The van der Waals surface area contributed by atoms with Gasteiger partial charge >= 0.3 is 5.97 Å². The minimum absolute atomic E-state index is 0.0902. The first kappa shape index (κ1) is 23.6. The first-order chi connectivity index (χ1) is 15.7. The largest absolute Gasteiger partial charge is 0.449 e. The quantitative estimate of drug-likeness (QED) is 0.492. The number of benzene rings is 2. The number of imide groups is 1. The van der Waals surface area contributed by atoms with Crippen molar-refractivity contribution in [3.63, 3.8) is 0 Å². The normalized spacial score (nSPS) is 14.1. The minimum Gasteiger partial charge on any atom is -0.449 e. The second-order valence-electron chi connectivity index (χ2n) is 7.75. The summed E-state index contributed by atoms with van der Waals surface area (Å²) in [5.74, 6) is -2.51. The Morgan fingerprint density at radius 2 is 1.61 bits per heavy atom. The standard InChI is InChI=1S/C24H25N3O6/c1-14-6-4-7-15(2)22(14)26-19(28)13-25-23(31)16(3)33-24(32)17-8-5-9-18(12-17)27-20(29)10-11-21(27)30/h4-9,12,16H,10-11,13H2,1-3H3,(H,25,31)(H,26,28). The fraction of sp³-hybridized carbons (Fsp3) is 0.292. The van der Waals surface area contributed by atoms with Gasteiger partial charge in [-0.15, -0.1) is 0 Å². The van der Waals surface area contributed by atoms with Crippen molar-refractivity contribution in [2.24, 2.45) is 0 Å². The lowest BCUT2D eigenvalue weighted by atomic mass is 10.1. The molecule has 1 unspecified atom stereocenters. The van der Waals surface area contributed by atoms with Crippen molar-refractivity contribution in [1.82, 2.24) is 5.32 Å². The lowest BCUT2D eigenvalue weighted by molar-refractivity contribution is -0.130. The molecule has 4 amide bonds. The summed E-state index contributed by atoms with van der Waals surface area (Å²) in [7, 11) is 0. The van der Waals surface area contributed by atoms with Gasteiger partial charge in [-0.05, 0) is 50.1 Å². The maximum atomic E-state index is 12.5. The van der Waals surface area contributed by atoms with Crippen LogP contribution in [0.15, 0.2) is 42.5 Å². The van der Waals surface area contributed by atoms with E-state index in [9.17, 15) is 24.0 Å². The Morgan fingerprint density at radius 3 is 2.24 bits per heavy atom. The number of ether oxygens (including phenoxy) is 1. The molecule has 1 heterocycles. The summed E-state index contributed by atoms with van der Waals surface area (Å²) in [6.07, 6.45) is -0.909. The molecule has 0 aliphatic carbocycles. The number of carbonyl (C=O) groups excluding carboxylic acids is 5. The summed E-state index contributed by atoms with van der Waals surface area (Å²) in [4.78, 5) is 61.8. The average molecular weight is 451 g/mol. The predicted octanol–water partition coefficient (Wildman–Crippen LogP) is 2.26. The van der Waals surface area contributed by atoms with Crippen molar-refractivity contribution in [2.45, 2.75) is 39.7 Å². The molecule has 1 aliphatic heterocycles. The highest BCUT2D eigenvalue weighted by Crippen LogP contribution is 2.24. The molecule has 0 bridgehead atoms. The Balaban J connectivity index is 1.55. The van der Waals surface area contributed by atoms with E-state index in [2.05, 4.69) is 10.6 Å². The molecule has 9 nitrogen and oxygen atoms in total. The fourth-order valence-corrected chi connectivity index (χ4v) is 3.42. The van der Waals surface area contributed by atoms with Crippen LogP contribution in [0.25, 0.3) is 0 Å². The maximum absolute atomic E-state index is 12.5. The van der Waals surface area contributed by atoms with Crippen LogP contribution < -0.4 is 15.5 Å². The molecule has 172 valence electrons. The van der Waals surface area contributed by atoms with Crippen molar-refractivity contribution in [2.75, 3.05) is 16.8 Å². The van der Waals surface area contributed by atoms with Crippen LogP contribution in [0.3, 0.4) is 0 Å². The van der Waals surface area contributed by atoms with Crippen LogP contribution in [0, 0.1) is 13.8 Å². The van der Waals surface area contributed by atoms with Crippen LogP contribution in [-0.4, -0.2) is 42.2 Å². The number of aryl methyl sites for hydroxylation is 2. The topological polar surface area (TPSA) is 122 Å². The van der Waals surface area contributed by atoms with Gasteiger partial charge in [0, 0.05) is 18.5 Å². The van der Waals surface area contributed by atoms with E-state index >= 15 is 0 Å². The van der Waals surface area contributed by atoms with Crippen molar-refractivity contribution in [3.8, 4) is 0 Å². The van der Waals surface area contributed by atoms with Gasteiger partial charge in [0.25, 0.3) is 5.91 Å². The van der Waals surface area contributed by atoms with E-state index in [1.165, 1.54) is 25.1 Å². The Hall–Kier alpha value is -4.01. The summed E-state index contributed by atoms with van der Waals surface area (Å²) in [6, 6.07) is 11.5. The zero-order valence-corrected chi connectivity index (χ0v) is 18.6. The van der Waals surface area contributed by atoms with E-state index in [-0.39, 0.29) is 42.5 Å². The summed E-state index contributed by atoms with van der Waals surface area (Å²) < 4.78 is 5.19. The van der Waals surface area contributed by atoms with E-state index in [4.69, 9.17) is 4.74 Å². The average Bonchev–Trinajstić information content (AvgIpc) is 3.12. The van der Waals surface area contributed by atoms with E-state index in [1.54, 1.807) is 6.07 Å². The zero-order valence-electron chi connectivity index (χ0n) is 18.6. The molecule has 2 aromatic carbocycles. The van der Waals surface area contributed by atoms with Crippen LogP contribution in [0.5, 0.6) is 0 Å². The summed E-state index contributed by atoms with van der Waals surface area (Å²) in [5.41, 5.74) is 2.85. The van der Waals surface area contributed by atoms with Gasteiger partial charge in [0.2, 0.25) is 17.7 Å². The number of hydrogen-bond donors (Lipinski definition) is 2. The molecular formula is C24H25N3O6. The molecule has 2 aromatic rings. The third kappa shape index (κ3) is 5.62. The van der Waals surface area contributed by atoms with Crippen LogP contribution in [0.2, 0.25) is 0 Å². The van der Waals surface area contributed by atoms with Gasteiger partial charge in [0.15, 0.2) is 6.10 Å². The molecular weight excluding hydrogens is 426 g/mol. The first-order valence-electron chi connectivity index (χ1n) is 10.5. The number of amides is 4. The van der Waals surface area contributed by atoms with E-state index in [0.29, 0.717) is 5.69 Å². The Kier molecular flexibility index (Phi) is 7.22. The lowest BCUT2D eigenvalue weighted by Crippen LogP contribution is -2.40. The third-order valence-corrected chi connectivity index (χ3v) is 5.21. The van der Waals surface area contributed by atoms with Crippen molar-refractivity contribution < 1.29 is 28.7 Å². The summed E-state index contributed by atoms with van der Waals surface area (Å²) >= 11 is 0. The highest BCUT2D eigenvalue weighted by molar-refractivity contribution is 6.20. The lowest BCUT2D eigenvalue weighted by Gasteiger charge is -2.16. The van der Waals surface area contributed by atoms with Crippen LogP contribution in [-0.2, 0) is 23.9 Å². The second kappa shape index (κ2) is 10.1. The van der Waals surface area contributed by atoms with Crippen LogP contribution in [0.1, 0.15) is 41.3 Å². The molecule has 33 heavy (non-hydrogen) atoms. The number of nitrogens with one attached hydrogen (secondary N) is 2. The van der Waals surface area contributed by atoms with Gasteiger partial charge in [-0.3, -0.25) is 24.1 Å². The maximum Gasteiger partial charge on any atom is 0.338 e. The third-order valence-electron chi connectivity index (χ3n) is 5.21. The Bertz CT molecular complexity index is 1090. The number of rotatable bonds is 7. The summed E-state index contributed by atoms with van der Waals surface area (Å²) in [5, 5.41) is 5.20. The van der Waals surface area contributed by atoms with Gasteiger partial charge < -0.3 is 15.4 Å². The number of anilines is 2. The van der Waals surface area contributed by atoms with E-state index in [0.717, 1.165) is 16.0 Å². The van der Waals surface area contributed by atoms with Crippen LogP contribution >= 0.6 is 0 Å². The Morgan fingerprint density at radius 1 is 1.00 bits per heavy atom. The molecule has 0 aromatic heterocycles. The number of para-hydroxylation sites is 1. The number of hydrogen-bond acceptors (Lipinski definition) is 6. The van der Waals surface area contributed by atoms with Gasteiger partial charge in [-0.2, -0.15) is 0 Å². The second-order valence-corrected chi connectivity index (χ2v) is 7.75. The number of esters is 1. The molecule has 0 saturated carbocycles. The van der Waals surface area contributed by atoms with Crippen molar-refractivity contribution in [1.29, 1.82) is 0 Å².